The van der Waals surface area contributed by atoms with E-state index in [-0.39, 0.29) is 0 Å². The van der Waals surface area contributed by atoms with Crippen molar-refractivity contribution < 1.29 is 4.74 Å². The largest absolute Gasteiger partial charge is 0.473 e. The molecule has 0 aliphatic carbocycles. The minimum atomic E-state index is 0.497. The van der Waals surface area contributed by atoms with Crippen molar-refractivity contribution in [2.45, 2.75) is 0 Å². The van der Waals surface area contributed by atoms with E-state index in [4.69, 9.17) is 4.74 Å². The molecule has 0 spiro atoms. The normalized spacial score (nSPS) is 11.0. The number of fused-ring (bicyclic) bond motifs is 1. The fourth-order valence-corrected chi connectivity index (χ4v) is 1.34. The Labute approximate surface area is 95.9 Å². The number of halogens is 1. The molecule has 2 aromatic rings. The number of pyridine rings is 2. The lowest BCUT2D eigenvalue weighted by Gasteiger charge is -2.02. The third-order valence-corrected chi connectivity index (χ3v) is 2.23. The zero-order valence-corrected chi connectivity index (χ0v) is 9.52. The molecule has 2 aromatic heterocycles. The quantitative estimate of drug-likeness (QED) is 0.855. The van der Waals surface area contributed by atoms with E-state index in [2.05, 4.69) is 25.9 Å². The van der Waals surface area contributed by atoms with Crippen LogP contribution in [0.5, 0.6) is 5.88 Å². The van der Waals surface area contributed by atoms with E-state index in [1.165, 1.54) is 0 Å². The van der Waals surface area contributed by atoms with E-state index < -0.39 is 0 Å². The minimum Gasteiger partial charge on any atom is -0.473 e. The van der Waals surface area contributed by atoms with Crippen molar-refractivity contribution in [3.63, 3.8) is 0 Å². The number of hydrogen-bond acceptors (Lipinski definition) is 3. The maximum atomic E-state index is 5.39. The highest BCUT2D eigenvalue weighted by atomic mass is 79.9. The lowest BCUT2D eigenvalue weighted by atomic mass is 10.3. The molecule has 0 atom stereocenters. The van der Waals surface area contributed by atoms with E-state index in [1.807, 2.05) is 30.3 Å². The summed E-state index contributed by atoms with van der Waals surface area (Å²) < 4.78 is 5.39. The molecule has 0 saturated heterocycles. The third kappa shape index (κ3) is 2.53. The fraction of sp³-hybridized carbons (Fsp3) is 0.0909. The van der Waals surface area contributed by atoms with Crippen molar-refractivity contribution in [2.75, 3.05) is 6.61 Å². The van der Waals surface area contributed by atoms with Gasteiger partial charge in [0, 0.05) is 17.6 Å². The highest BCUT2D eigenvalue weighted by Gasteiger charge is 1.97. The first-order valence-electron chi connectivity index (χ1n) is 4.50. The van der Waals surface area contributed by atoms with E-state index >= 15 is 0 Å². The molecule has 76 valence electrons. The highest BCUT2D eigenvalue weighted by Crippen LogP contribution is 2.13. The lowest BCUT2D eigenvalue weighted by molar-refractivity contribution is 0.350. The first-order valence-corrected chi connectivity index (χ1v) is 5.41. The summed E-state index contributed by atoms with van der Waals surface area (Å²) in [7, 11) is 0. The molecule has 4 heteroatoms. The monoisotopic (exact) mass is 264 g/mol. The van der Waals surface area contributed by atoms with Crippen LogP contribution in [-0.2, 0) is 0 Å². The van der Waals surface area contributed by atoms with Gasteiger partial charge in [0.2, 0.25) is 5.88 Å². The van der Waals surface area contributed by atoms with E-state index in [0.29, 0.717) is 18.1 Å². The Bertz CT molecular complexity index is 485. The second-order valence-corrected chi connectivity index (χ2v) is 3.40. The molecule has 3 nitrogen and oxygen atoms in total. The van der Waals surface area contributed by atoms with Gasteiger partial charge in [-0.05, 0) is 29.3 Å². The molecule has 2 heterocycles. The van der Waals surface area contributed by atoms with Crippen LogP contribution in [0.4, 0.5) is 0 Å². The van der Waals surface area contributed by atoms with Crippen LogP contribution < -0.4 is 4.74 Å². The first-order chi connectivity index (χ1) is 7.40. The third-order valence-electron chi connectivity index (χ3n) is 1.85. The molecule has 2 rings (SSSR count). The predicted molar refractivity (Wildman–Crippen MR) is 63.1 cm³/mol. The van der Waals surface area contributed by atoms with Gasteiger partial charge in [-0.2, -0.15) is 4.98 Å². The van der Waals surface area contributed by atoms with Crippen LogP contribution in [-0.4, -0.2) is 16.6 Å². The van der Waals surface area contributed by atoms with Crippen molar-refractivity contribution in [2.24, 2.45) is 0 Å². The van der Waals surface area contributed by atoms with Crippen LogP contribution in [0.1, 0.15) is 0 Å². The van der Waals surface area contributed by atoms with Crippen LogP contribution >= 0.6 is 15.9 Å². The maximum Gasteiger partial charge on any atom is 0.215 e. The topological polar surface area (TPSA) is 35.0 Å². The minimum absolute atomic E-state index is 0.497. The Kier molecular flexibility index (Phi) is 3.29. The van der Waals surface area contributed by atoms with E-state index in [0.717, 1.165) is 5.39 Å². The second kappa shape index (κ2) is 4.89. The lowest BCUT2D eigenvalue weighted by Crippen LogP contribution is -1.96. The Morgan fingerprint density at radius 1 is 1.33 bits per heavy atom. The van der Waals surface area contributed by atoms with Gasteiger partial charge in [-0.1, -0.05) is 15.9 Å². The van der Waals surface area contributed by atoms with Gasteiger partial charge in [0.15, 0.2) is 5.65 Å². The number of rotatable bonds is 3. The molecule has 0 N–H and O–H groups in total. The van der Waals surface area contributed by atoms with Gasteiger partial charge < -0.3 is 4.74 Å². The van der Waals surface area contributed by atoms with Gasteiger partial charge in [-0.15, -0.1) is 0 Å². The van der Waals surface area contributed by atoms with Crippen LogP contribution in [0.25, 0.3) is 11.0 Å². The molecule has 0 aliphatic heterocycles. The average molecular weight is 265 g/mol. The molecule has 0 saturated carbocycles. The summed E-state index contributed by atoms with van der Waals surface area (Å²) in [6.07, 6.45) is 3.57. The molecular formula is C11H9BrN2O. The van der Waals surface area contributed by atoms with E-state index in [9.17, 15) is 0 Å². The average Bonchev–Trinajstić information content (AvgIpc) is 2.29. The SMILES string of the molecule is BrC=CCOc1ccc2cccnc2n1. The highest BCUT2D eigenvalue weighted by molar-refractivity contribution is 9.11. The molecule has 0 fully saturated rings. The summed E-state index contributed by atoms with van der Waals surface area (Å²) in [5.74, 6) is 0.590. The van der Waals surface area contributed by atoms with Crippen molar-refractivity contribution in [3.05, 3.63) is 41.5 Å². The van der Waals surface area contributed by atoms with Crippen LogP contribution in [0, 0.1) is 0 Å². The fourth-order valence-electron chi connectivity index (χ4n) is 1.19. The smallest absolute Gasteiger partial charge is 0.215 e. The molecule has 0 amide bonds. The number of aromatic nitrogens is 2. The van der Waals surface area contributed by atoms with E-state index in [1.54, 1.807) is 11.2 Å². The molecular weight excluding hydrogens is 256 g/mol. The van der Waals surface area contributed by atoms with Gasteiger partial charge in [0.25, 0.3) is 0 Å². The standard InChI is InChI=1S/C11H9BrN2O/c12-6-2-8-15-10-5-4-9-3-1-7-13-11(9)14-10/h1-7H,8H2. The molecule has 0 bridgehead atoms. The first kappa shape index (κ1) is 10.1. The summed E-state index contributed by atoms with van der Waals surface area (Å²) in [5.41, 5.74) is 0.706. The van der Waals surface area contributed by atoms with Crippen LogP contribution in [0.15, 0.2) is 41.5 Å². The van der Waals surface area contributed by atoms with Crippen molar-refractivity contribution in [3.8, 4) is 5.88 Å². The molecule has 0 aromatic carbocycles. The van der Waals surface area contributed by atoms with Gasteiger partial charge in [0.1, 0.15) is 6.61 Å². The zero-order valence-electron chi connectivity index (χ0n) is 7.93. The Balaban J connectivity index is 2.23. The number of hydrogen-bond donors (Lipinski definition) is 0. The maximum absolute atomic E-state index is 5.39. The zero-order chi connectivity index (χ0) is 10.5. The number of ether oxygens (including phenoxy) is 1. The van der Waals surface area contributed by atoms with Crippen LogP contribution in [0.2, 0.25) is 0 Å². The van der Waals surface area contributed by atoms with Gasteiger partial charge in [0.05, 0.1) is 0 Å². The Morgan fingerprint density at radius 3 is 3.13 bits per heavy atom. The molecule has 15 heavy (non-hydrogen) atoms. The second-order valence-electron chi connectivity index (χ2n) is 2.87. The summed E-state index contributed by atoms with van der Waals surface area (Å²) >= 11 is 3.17. The van der Waals surface area contributed by atoms with Crippen LogP contribution in [0.3, 0.4) is 0 Å². The summed E-state index contributed by atoms with van der Waals surface area (Å²) in [5, 5.41) is 1.01. The molecule has 0 radical (unpaired) electrons. The molecule has 0 aliphatic rings. The summed E-state index contributed by atoms with van der Waals surface area (Å²) in [4.78, 5) is 10.2. The van der Waals surface area contributed by atoms with Crippen molar-refractivity contribution >= 4 is 27.0 Å². The van der Waals surface area contributed by atoms with Gasteiger partial charge in [-0.3, -0.25) is 0 Å². The van der Waals surface area contributed by atoms with Crippen molar-refractivity contribution in [1.29, 1.82) is 0 Å². The Morgan fingerprint density at radius 2 is 2.27 bits per heavy atom. The molecule has 0 unspecified atom stereocenters. The van der Waals surface area contributed by atoms with Gasteiger partial charge in [-0.25, -0.2) is 4.98 Å². The number of nitrogens with zero attached hydrogens (tertiary/aromatic N) is 2. The van der Waals surface area contributed by atoms with Crippen molar-refractivity contribution in [1.82, 2.24) is 9.97 Å². The summed E-state index contributed by atoms with van der Waals surface area (Å²) in [6, 6.07) is 7.64. The summed E-state index contributed by atoms with van der Waals surface area (Å²) in [6.45, 7) is 0.497. The van der Waals surface area contributed by atoms with Gasteiger partial charge >= 0.3 is 0 Å². The predicted octanol–water partition coefficient (Wildman–Crippen LogP) is 2.92. The Hall–Kier alpha value is -1.42.